The minimum atomic E-state index is -0.127. The first-order valence-electron chi connectivity index (χ1n) is 6.68. The number of nitrogens with two attached hydrogens (primary N) is 2. The molecule has 1 aromatic carbocycles. The smallest absolute Gasteiger partial charge is 0.262 e. The summed E-state index contributed by atoms with van der Waals surface area (Å²) < 4.78 is 1.64. The van der Waals surface area contributed by atoms with Crippen molar-refractivity contribution in [2.75, 3.05) is 5.73 Å². The average molecular weight is 280 g/mol. The van der Waals surface area contributed by atoms with Crippen LogP contribution in [0.25, 0.3) is 10.9 Å². The zero-order valence-corrected chi connectivity index (χ0v) is 11.7. The Kier molecular flexibility index (Phi) is 3.19. The Morgan fingerprint density at radius 2 is 2.05 bits per heavy atom. The maximum absolute atomic E-state index is 12.8. The summed E-state index contributed by atoms with van der Waals surface area (Å²) in [5, 5.41) is 0.886. The number of fused-ring (bicyclic) bond motifs is 1. The number of hydrogen-bond donors (Lipinski definition) is 2. The lowest BCUT2D eigenvalue weighted by molar-refractivity contribution is 0.0963. The number of carbonyl (C=O) groups excluding carboxylic acids is 1. The molecule has 0 aliphatic heterocycles. The lowest BCUT2D eigenvalue weighted by Gasteiger charge is -2.07. The third-order valence-corrected chi connectivity index (χ3v) is 3.64. The number of rotatable bonds is 2. The first kappa shape index (κ1) is 13.3. The van der Waals surface area contributed by atoms with Crippen LogP contribution in [-0.4, -0.2) is 15.5 Å². The number of carbonyl (C=O) groups is 1. The Balaban J connectivity index is 2.20. The van der Waals surface area contributed by atoms with Gasteiger partial charge in [0.2, 0.25) is 0 Å². The normalized spacial score (nSPS) is 11.0. The SMILES string of the molecule is Cc1c(N)c2ccccc2n1C(=O)c1ccnc(CN)c1. The van der Waals surface area contributed by atoms with Crippen LogP contribution in [0, 0.1) is 6.92 Å². The van der Waals surface area contributed by atoms with E-state index >= 15 is 0 Å². The molecule has 3 rings (SSSR count). The largest absolute Gasteiger partial charge is 0.397 e. The summed E-state index contributed by atoms with van der Waals surface area (Å²) in [5.41, 5.74) is 15.1. The van der Waals surface area contributed by atoms with Gasteiger partial charge in [0.25, 0.3) is 5.91 Å². The van der Waals surface area contributed by atoms with Crippen molar-refractivity contribution in [3.63, 3.8) is 0 Å². The van der Waals surface area contributed by atoms with Crippen molar-refractivity contribution in [2.45, 2.75) is 13.5 Å². The highest BCUT2D eigenvalue weighted by Gasteiger charge is 2.18. The quantitative estimate of drug-likeness (QED) is 0.752. The van der Waals surface area contributed by atoms with Gasteiger partial charge in [-0.2, -0.15) is 0 Å². The molecule has 2 heterocycles. The van der Waals surface area contributed by atoms with Crippen molar-refractivity contribution in [1.29, 1.82) is 0 Å². The molecule has 5 heteroatoms. The van der Waals surface area contributed by atoms with E-state index in [1.165, 1.54) is 0 Å². The second-order valence-electron chi connectivity index (χ2n) is 4.90. The molecule has 21 heavy (non-hydrogen) atoms. The van der Waals surface area contributed by atoms with Gasteiger partial charge in [-0.25, -0.2) is 0 Å². The molecule has 3 aromatic rings. The van der Waals surface area contributed by atoms with Gasteiger partial charge in [0.15, 0.2) is 0 Å². The molecular weight excluding hydrogens is 264 g/mol. The number of benzene rings is 1. The van der Waals surface area contributed by atoms with E-state index in [1.54, 1.807) is 22.9 Å². The first-order chi connectivity index (χ1) is 10.1. The van der Waals surface area contributed by atoms with E-state index in [0.717, 1.165) is 16.6 Å². The number of para-hydroxylation sites is 1. The number of aromatic nitrogens is 2. The zero-order chi connectivity index (χ0) is 15.0. The summed E-state index contributed by atoms with van der Waals surface area (Å²) >= 11 is 0. The van der Waals surface area contributed by atoms with Crippen molar-refractivity contribution in [2.24, 2.45) is 5.73 Å². The molecule has 106 valence electrons. The van der Waals surface area contributed by atoms with Gasteiger partial charge in [-0.3, -0.25) is 14.3 Å². The molecule has 0 saturated carbocycles. The fraction of sp³-hybridized carbons (Fsp3) is 0.125. The van der Waals surface area contributed by atoms with Crippen LogP contribution in [0.4, 0.5) is 5.69 Å². The minimum absolute atomic E-state index is 0.127. The summed E-state index contributed by atoms with van der Waals surface area (Å²) in [7, 11) is 0. The van der Waals surface area contributed by atoms with E-state index in [9.17, 15) is 4.79 Å². The number of nitrogen functional groups attached to an aromatic ring is 1. The van der Waals surface area contributed by atoms with E-state index in [1.807, 2.05) is 31.2 Å². The molecule has 0 aliphatic carbocycles. The fourth-order valence-electron chi connectivity index (χ4n) is 2.51. The van der Waals surface area contributed by atoms with E-state index in [2.05, 4.69) is 4.98 Å². The van der Waals surface area contributed by atoms with Crippen molar-refractivity contribution < 1.29 is 4.79 Å². The van der Waals surface area contributed by atoms with Gasteiger partial charge in [0.05, 0.1) is 16.9 Å². The first-order valence-corrected chi connectivity index (χ1v) is 6.68. The molecule has 0 saturated heterocycles. The molecule has 0 radical (unpaired) electrons. The van der Waals surface area contributed by atoms with Gasteiger partial charge in [-0.1, -0.05) is 18.2 Å². The average Bonchev–Trinajstić information content (AvgIpc) is 2.79. The van der Waals surface area contributed by atoms with Gasteiger partial charge in [-0.05, 0) is 25.1 Å². The molecule has 0 aliphatic rings. The molecule has 0 spiro atoms. The van der Waals surface area contributed by atoms with Crippen molar-refractivity contribution >= 4 is 22.5 Å². The molecular formula is C16H16N4O. The van der Waals surface area contributed by atoms with Gasteiger partial charge < -0.3 is 11.5 Å². The monoisotopic (exact) mass is 280 g/mol. The van der Waals surface area contributed by atoms with Crippen LogP contribution in [0.15, 0.2) is 42.6 Å². The summed E-state index contributed by atoms with van der Waals surface area (Å²) in [6, 6.07) is 11.0. The Hall–Kier alpha value is -2.66. The van der Waals surface area contributed by atoms with Crippen LogP contribution < -0.4 is 11.5 Å². The van der Waals surface area contributed by atoms with Crippen molar-refractivity contribution in [1.82, 2.24) is 9.55 Å². The number of nitrogens with zero attached hydrogens (tertiary/aromatic N) is 2. The van der Waals surface area contributed by atoms with Crippen molar-refractivity contribution in [3.8, 4) is 0 Å². The highest BCUT2D eigenvalue weighted by molar-refractivity contribution is 6.06. The van der Waals surface area contributed by atoms with Gasteiger partial charge in [0.1, 0.15) is 0 Å². The van der Waals surface area contributed by atoms with Gasteiger partial charge >= 0.3 is 0 Å². The van der Waals surface area contributed by atoms with Crippen LogP contribution in [0.5, 0.6) is 0 Å². The lowest BCUT2D eigenvalue weighted by Crippen LogP contribution is -2.14. The second kappa shape index (κ2) is 5.03. The number of pyridine rings is 1. The molecule has 0 fully saturated rings. The van der Waals surface area contributed by atoms with Crippen molar-refractivity contribution in [3.05, 3.63) is 59.5 Å². The standard InChI is InChI=1S/C16H16N4O/c1-10-15(18)13-4-2-3-5-14(13)20(10)16(21)11-6-7-19-12(8-11)9-17/h2-8H,9,17-18H2,1H3. The molecule has 0 amide bonds. The van der Waals surface area contributed by atoms with Crippen LogP contribution in [0.2, 0.25) is 0 Å². The third kappa shape index (κ3) is 2.08. The molecule has 5 nitrogen and oxygen atoms in total. The lowest BCUT2D eigenvalue weighted by atomic mass is 10.2. The van der Waals surface area contributed by atoms with Crippen LogP contribution in [0.3, 0.4) is 0 Å². The number of anilines is 1. The molecule has 0 atom stereocenters. The number of hydrogen-bond acceptors (Lipinski definition) is 4. The van der Waals surface area contributed by atoms with E-state index in [0.29, 0.717) is 23.5 Å². The second-order valence-corrected chi connectivity index (χ2v) is 4.90. The summed E-state index contributed by atoms with van der Waals surface area (Å²) in [4.78, 5) is 16.9. The van der Waals surface area contributed by atoms with E-state index < -0.39 is 0 Å². The molecule has 0 unspecified atom stereocenters. The third-order valence-electron chi connectivity index (χ3n) is 3.64. The Bertz CT molecular complexity index is 835. The summed E-state index contributed by atoms with van der Waals surface area (Å²) in [5.74, 6) is -0.127. The Labute approximate surface area is 122 Å². The van der Waals surface area contributed by atoms with E-state index in [-0.39, 0.29) is 5.91 Å². The zero-order valence-electron chi connectivity index (χ0n) is 11.7. The topological polar surface area (TPSA) is 86.9 Å². The molecule has 4 N–H and O–H groups in total. The highest BCUT2D eigenvalue weighted by Crippen LogP contribution is 2.28. The van der Waals surface area contributed by atoms with Gasteiger partial charge in [-0.15, -0.1) is 0 Å². The molecule has 0 bridgehead atoms. The van der Waals surface area contributed by atoms with Crippen LogP contribution in [0.1, 0.15) is 21.7 Å². The fourth-order valence-corrected chi connectivity index (χ4v) is 2.51. The van der Waals surface area contributed by atoms with Gasteiger partial charge in [0, 0.05) is 29.4 Å². The summed E-state index contributed by atoms with van der Waals surface area (Å²) in [6.07, 6.45) is 1.60. The van der Waals surface area contributed by atoms with Crippen LogP contribution >= 0.6 is 0 Å². The summed E-state index contributed by atoms with van der Waals surface area (Å²) in [6.45, 7) is 2.15. The Morgan fingerprint density at radius 1 is 1.29 bits per heavy atom. The molecule has 2 aromatic heterocycles. The Morgan fingerprint density at radius 3 is 2.81 bits per heavy atom. The van der Waals surface area contributed by atoms with E-state index in [4.69, 9.17) is 11.5 Å². The predicted octanol–water partition coefficient (Wildman–Crippen LogP) is 2.07. The highest BCUT2D eigenvalue weighted by atomic mass is 16.2. The maximum Gasteiger partial charge on any atom is 0.262 e. The minimum Gasteiger partial charge on any atom is -0.397 e. The maximum atomic E-state index is 12.8. The predicted molar refractivity (Wildman–Crippen MR) is 82.9 cm³/mol. The van der Waals surface area contributed by atoms with Crippen LogP contribution in [-0.2, 0) is 6.54 Å².